The molecule has 2 N–H and O–H groups in total. The first-order valence-corrected chi connectivity index (χ1v) is 9.22. The molecule has 0 heterocycles. The molecule has 0 saturated heterocycles. The second kappa shape index (κ2) is 10.4. The quantitative estimate of drug-likeness (QED) is 0.562. The summed E-state index contributed by atoms with van der Waals surface area (Å²) in [6, 6.07) is 24.6. The fraction of sp³-hybridized carbons (Fsp3) is 0.0870. The van der Waals surface area contributed by atoms with Gasteiger partial charge in [-0.1, -0.05) is 36.4 Å². The van der Waals surface area contributed by atoms with Gasteiger partial charge in [0.2, 0.25) is 0 Å². The smallest absolute Gasteiger partial charge is 0.325 e. The number of carbonyl (C=O) groups is 3. The number of benzene rings is 3. The summed E-state index contributed by atoms with van der Waals surface area (Å²) in [5.41, 5.74) is 0.969. The SMILES string of the molecule is O=C(COC(=O)CNC(=O)c1ccccc1)Nc1ccc(Oc2ccccc2)cc1. The fourth-order valence-corrected chi connectivity index (χ4v) is 2.47. The third-order valence-electron chi connectivity index (χ3n) is 3.91. The lowest BCUT2D eigenvalue weighted by Crippen LogP contribution is -2.32. The van der Waals surface area contributed by atoms with Crippen molar-refractivity contribution in [1.29, 1.82) is 0 Å². The van der Waals surface area contributed by atoms with E-state index in [1.54, 1.807) is 54.6 Å². The standard InChI is InChI=1S/C23H20N2O5/c26-21(16-29-22(27)15-24-23(28)17-7-3-1-4-8-17)25-18-11-13-20(14-12-18)30-19-9-5-2-6-10-19/h1-14H,15-16H2,(H,24,28)(H,25,26). The maximum atomic E-state index is 11.9. The first-order chi connectivity index (χ1) is 14.6. The van der Waals surface area contributed by atoms with Crippen LogP contribution in [-0.2, 0) is 14.3 Å². The van der Waals surface area contributed by atoms with Crippen molar-refractivity contribution in [3.63, 3.8) is 0 Å². The average molecular weight is 404 g/mol. The Bertz CT molecular complexity index is 989. The number of nitrogens with one attached hydrogen (secondary N) is 2. The van der Waals surface area contributed by atoms with Gasteiger partial charge in [-0.15, -0.1) is 0 Å². The summed E-state index contributed by atoms with van der Waals surface area (Å²) in [6.45, 7) is -0.783. The van der Waals surface area contributed by atoms with Crippen LogP contribution in [0.3, 0.4) is 0 Å². The second-order valence-corrected chi connectivity index (χ2v) is 6.20. The molecule has 0 unspecified atom stereocenters. The van der Waals surface area contributed by atoms with Crippen LogP contribution in [0.5, 0.6) is 11.5 Å². The molecule has 0 aliphatic carbocycles. The number of amides is 2. The van der Waals surface area contributed by atoms with Crippen LogP contribution < -0.4 is 15.4 Å². The van der Waals surface area contributed by atoms with Crippen molar-refractivity contribution in [2.24, 2.45) is 0 Å². The molecular formula is C23H20N2O5. The Balaban J connectivity index is 1.38. The monoisotopic (exact) mass is 404 g/mol. The number of esters is 1. The number of carbonyl (C=O) groups excluding carboxylic acids is 3. The molecule has 0 radical (unpaired) electrons. The van der Waals surface area contributed by atoms with Gasteiger partial charge in [-0.2, -0.15) is 0 Å². The Morgan fingerprint density at radius 3 is 2.00 bits per heavy atom. The maximum absolute atomic E-state index is 11.9. The summed E-state index contributed by atoms with van der Waals surface area (Å²) in [4.78, 5) is 35.5. The van der Waals surface area contributed by atoms with E-state index in [1.165, 1.54) is 0 Å². The Morgan fingerprint density at radius 1 is 0.733 bits per heavy atom. The highest BCUT2D eigenvalue weighted by molar-refractivity contribution is 5.96. The van der Waals surface area contributed by atoms with Crippen LogP contribution >= 0.6 is 0 Å². The van der Waals surface area contributed by atoms with E-state index < -0.39 is 24.4 Å². The fourth-order valence-electron chi connectivity index (χ4n) is 2.47. The van der Waals surface area contributed by atoms with Crippen molar-refractivity contribution in [2.75, 3.05) is 18.5 Å². The molecule has 0 aliphatic rings. The minimum atomic E-state index is -0.707. The van der Waals surface area contributed by atoms with Gasteiger partial charge in [0.05, 0.1) is 0 Å². The summed E-state index contributed by atoms with van der Waals surface area (Å²) in [5.74, 6) is -0.259. The molecule has 152 valence electrons. The van der Waals surface area contributed by atoms with Gasteiger partial charge in [0.15, 0.2) is 6.61 Å². The first-order valence-electron chi connectivity index (χ1n) is 9.22. The van der Waals surface area contributed by atoms with Crippen molar-refractivity contribution in [3.05, 3.63) is 90.5 Å². The maximum Gasteiger partial charge on any atom is 0.325 e. The van der Waals surface area contributed by atoms with Crippen LogP contribution in [0, 0.1) is 0 Å². The van der Waals surface area contributed by atoms with Crippen molar-refractivity contribution >= 4 is 23.5 Å². The highest BCUT2D eigenvalue weighted by atomic mass is 16.5. The zero-order chi connectivity index (χ0) is 21.2. The van der Waals surface area contributed by atoms with Gasteiger partial charge in [-0.05, 0) is 48.5 Å². The lowest BCUT2D eigenvalue weighted by Gasteiger charge is -2.09. The number of hydrogen-bond donors (Lipinski definition) is 2. The van der Waals surface area contributed by atoms with E-state index in [9.17, 15) is 14.4 Å². The van der Waals surface area contributed by atoms with Crippen LogP contribution in [0.25, 0.3) is 0 Å². The number of rotatable bonds is 8. The van der Waals surface area contributed by atoms with E-state index in [0.717, 1.165) is 0 Å². The largest absolute Gasteiger partial charge is 0.457 e. The molecule has 0 atom stereocenters. The molecule has 0 spiro atoms. The molecule has 0 aromatic heterocycles. The van der Waals surface area contributed by atoms with E-state index in [-0.39, 0.29) is 6.54 Å². The molecular weight excluding hydrogens is 384 g/mol. The molecule has 2 amide bonds. The molecule has 7 heteroatoms. The van der Waals surface area contributed by atoms with Crippen LogP contribution in [-0.4, -0.2) is 30.9 Å². The van der Waals surface area contributed by atoms with E-state index >= 15 is 0 Å². The van der Waals surface area contributed by atoms with E-state index in [2.05, 4.69) is 10.6 Å². The van der Waals surface area contributed by atoms with Crippen molar-refractivity contribution in [1.82, 2.24) is 5.32 Å². The summed E-state index contributed by atoms with van der Waals surface area (Å²) < 4.78 is 10.6. The van der Waals surface area contributed by atoms with Crippen LogP contribution in [0.4, 0.5) is 5.69 Å². The molecule has 3 aromatic carbocycles. The molecule has 30 heavy (non-hydrogen) atoms. The zero-order valence-corrected chi connectivity index (χ0v) is 16.0. The van der Waals surface area contributed by atoms with Gasteiger partial charge < -0.3 is 20.1 Å². The summed E-state index contributed by atoms with van der Waals surface area (Å²) in [5, 5.41) is 5.06. The van der Waals surface area contributed by atoms with Gasteiger partial charge in [0.25, 0.3) is 11.8 Å². The lowest BCUT2D eigenvalue weighted by atomic mass is 10.2. The predicted molar refractivity (Wildman–Crippen MR) is 111 cm³/mol. The topological polar surface area (TPSA) is 93.7 Å². The molecule has 0 bridgehead atoms. The lowest BCUT2D eigenvalue weighted by molar-refractivity contribution is -0.146. The molecule has 0 fully saturated rings. The van der Waals surface area contributed by atoms with E-state index in [1.807, 2.05) is 30.3 Å². The summed E-state index contributed by atoms with van der Waals surface area (Å²) in [7, 11) is 0. The Kier molecular flexibility index (Phi) is 7.16. The van der Waals surface area contributed by atoms with Crippen LogP contribution in [0.15, 0.2) is 84.9 Å². The highest BCUT2D eigenvalue weighted by Gasteiger charge is 2.11. The van der Waals surface area contributed by atoms with Gasteiger partial charge >= 0.3 is 5.97 Å². The van der Waals surface area contributed by atoms with Crippen LogP contribution in [0.2, 0.25) is 0 Å². The van der Waals surface area contributed by atoms with Gasteiger partial charge in [0.1, 0.15) is 18.0 Å². The normalized spacial score (nSPS) is 10.0. The highest BCUT2D eigenvalue weighted by Crippen LogP contribution is 2.22. The number of anilines is 1. The van der Waals surface area contributed by atoms with Gasteiger partial charge in [-0.3, -0.25) is 14.4 Å². The number of hydrogen-bond acceptors (Lipinski definition) is 5. The van der Waals surface area contributed by atoms with Gasteiger partial charge in [0, 0.05) is 11.3 Å². The molecule has 3 aromatic rings. The van der Waals surface area contributed by atoms with Crippen molar-refractivity contribution in [2.45, 2.75) is 0 Å². The third kappa shape index (κ3) is 6.49. The predicted octanol–water partition coefficient (Wildman–Crippen LogP) is 3.39. The summed E-state index contributed by atoms with van der Waals surface area (Å²) >= 11 is 0. The number of ether oxygens (including phenoxy) is 2. The van der Waals surface area contributed by atoms with Crippen molar-refractivity contribution < 1.29 is 23.9 Å². The Labute approximate surface area is 173 Å². The minimum Gasteiger partial charge on any atom is -0.457 e. The molecule has 3 rings (SSSR count). The van der Waals surface area contributed by atoms with E-state index in [4.69, 9.17) is 9.47 Å². The second-order valence-electron chi connectivity index (χ2n) is 6.20. The molecule has 0 saturated carbocycles. The van der Waals surface area contributed by atoms with E-state index in [0.29, 0.717) is 22.7 Å². The summed E-state index contributed by atoms with van der Waals surface area (Å²) in [6.07, 6.45) is 0. The van der Waals surface area contributed by atoms with Crippen molar-refractivity contribution in [3.8, 4) is 11.5 Å². The Hall–Kier alpha value is -4.13. The Morgan fingerprint density at radius 2 is 1.33 bits per heavy atom. The number of para-hydroxylation sites is 1. The average Bonchev–Trinajstić information content (AvgIpc) is 2.78. The van der Waals surface area contributed by atoms with Gasteiger partial charge in [-0.25, -0.2) is 0 Å². The van der Waals surface area contributed by atoms with Crippen LogP contribution in [0.1, 0.15) is 10.4 Å². The zero-order valence-electron chi connectivity index (χ0n) is 16.0. The molecule has 0 aliphatic heterocycles. The molecule has 7 nitrogen and oxygen atoms in total. The third-order valence-corrected chi connectivity index (χ3v) is 3.91. The first kappa shape index (κ1) is 20.6. The minimum absolute atomic E-state index is 0.327.